The van der Waals surface area contributed by atoms with Crippen LogP contribution in [0.4, 0.5) is 0 Å². The third-order valence-electron chi connectivity index (χ3n) is 4.90. The number of carbonyl (C=O) groups excluding carboxylic acids is 1. The van der Waals surface area contributed by atoms with Gasteiger partial charge in [0.05, 0.1) is 17.3 Å². The highest BCUT2D eigenvalue weighted by molar-refractivity contribution is 6.06. The molecule has 4 nitrogen and oxygen atoms in total. The summed E-state index contributed by atoms with van der Waals surface area (Å²) in [6.45, 7) is 4.05. The lowest BCUT2D eigenvalue weighted by atomic mass is 10.0. The van der Waals surface area contributed by atoms with Crippen molar-refractivity contribution in [1.82, 2.24) is 15.3 Å². The maximum Gasteiger partial charge on any atom is 0.252 e. The van der Waals surface area contributed by atoms with Gasteiger partial charge in [0.1, 0.15) is 0 Å². The summed E-state index contributed by atoms with van der Waals surface area (Å²) in [5.41, 5.74) is 5.10. The second kappa shape index (κ2) is 7.61. The lowest BCUT2D eigenvalue weighted by molar-refractivity contribution is 0.0941. The van der Waals surface area contributed by atoms with Gasteiger partial charge in [0.15, 0.2) is 5.65 Å². The van der Waals surface area contributed by atoms with Crippen LogP contribution in [0.1, 0.15) is 34.5 Å². The second-order valence-corrected chi connectivity index (χ2v) is 6.85. The number of amides is 1. The number of fused-ring (bicyclic) bond motifs is 1. The number of rotatable bonds is 4. The van der Waals surface area contributed by atoms with Gasteiger partial charge in [-0.15, -0.1) is 0 Å². The standard InChI is InChI=1S/C24H21N3O/c1-16-9-6-7-12-19(16)17(2)26-24(28)21-15-22(18-10-4-3-5-11-18)27-23-20(21)13-8-14-25-23/h3-15,17H,1-2H3,(H,26,28). The molecule has 2 aromatic carbocycles. The Kier molecular flexibility index (Phi) is 4.85. The Hall–Kier alpha value is -3.53. The molecule has 0 fully saturated rings. The Morgan fingerprint density at radius 3 is 2.50 bits per heavy atom. The average Bonchev–Trinajstić information content (AvgIpc) is 2.73. The minimum Gasteiger partial charge on any atom is -0.345 e. The van der Waals surface area contributed by atoms with Gasteiger partial charge in [0.25, 0.3) is 5.91 Å². The van der Waals surface area contributed by atoms with Crippen molar-refractivity contribution < 1.29 is 4.79 Å². The number of aromatic nitrogens is 2. The normalized spacial score (nSPS) is 11.9. The van der Waals surface area contributed by atoms with Gasteiger partial charge in [0, 0.05) is 17.1 Å². The highest BCUT2D eigenvalue weighted by atomic mass is 16.1. The summed E-state index contributed by atoms with van der Waals surface area (Å²) in [5.74, 6) is -0.131. The fraction of sp³-hybridized carbons (Fsp3) is 0.125. The third kappa shape index (κ3) is 3.49. The zero-order chi connectivity index (χ0) is 19.5. The molecule has 1 unspecified atom stereocenters. The number of hydrogen-bond donors (Lipinski definition) is 1. The van der Waals surface area contributed by atoms with E-state index in [-0.39, 0.29) is 11.9 Å². The quantitative estimate of drug-likeness (QED) is 0.546. The minimum absolute atomic E-state index is 0.103. The first-order chi connectivity index (χ1) is 13.6. The zero-order valence-corrected chi connectivity index (χ0v) is 15.9. The molecule has 2 heterocycles. The molecular weight excluding hydrogens is 346 g/mol. The van der Waals surface area contributed by atoms with E-state index in [2.05, 4.69) is 28.3 Å². The van der Waals surface area contributed by atoms with Gasteiger partial charge in [-0.25, -0.2) is 9.97 Å². The van der Waals surface area contributed by atoms with Crippen LogP contribution in [0, 0.1) is 6.92 Å². The van der Waals surface area contributed by atoms with Crippen molar-refractivity contribution in [3.8, 4) is 11.3 Å². The van der Waals surface area contributed by atoms with Crippen molar-refractivity contribution in [2.75, 3.05) is 0 Å². The number of pyridine rings is 2. The summed E-state index contributed by atoms with van der Waals surface area (Å²) in [6, 6.07) is 23.4. The van der Waals surface area contributed by atoms with E-state index in [1.807, 2.05) is 73.7 Å². The summed E-state index contributed by atoms with van der Waals surface area (Å²) in [5, 5.41) is 3.88. The van der Waals surface area contributed by atoms with Crippen molar-refractivity contribution in [2.24, 2.45) is 0 Å². The van der Waals surface area contributed by atoms with Crippen molar-refractivity contribution in [2.45, 2.75) is 19.9 Å². The summed E-state index contributed by atoms with van der Waals surface area (Å²) >= 11 is 0. The molecule has 0 radical (unpaired) electrons. The molecule has 0 aliphatic heterocycles. The predicted molar refractivity (Wildman–Crippen MR) is 112 cm³/mol. The summed E-state index contributed by atoms with van der Waals surface area (Å²) < 4.78 is 0. The van der Waals surface area contributed by atoms with Crippen molar-refractivity contribution >= 4 is 16.9 Å². The molecule has 0 saturated heterocycles. The highest BCUT2D eigenvalue weighted by Crippen LogP contribution is 2.25. The highest BCUT2D eigenvalue weighted by Gasteiger charge is 2.17. The van der Waals surface area contributed by atoms with E-state index < -0.39 is 0 Å². The van der Waals surface area contributed by atoms with Crippen LogP contribution in [-0.2, 0) is 0 Å². The zero-order valence-electron chi connectivity index (χ0n) is 15.9. The lowest BCUT2D eigenvalue weighted by Gasteiger charge is -2.17. The van der Waals surface area contributed by atoms with Crippen molar-refractivity contribution in [3.63, 3.8) is 0 Å². The molecule has 28 heavy (non-hydrogen) atoms. The maximum absolute atomic E-state index is 13.2. The van der Waals surface area contributed by atoms with E-state index in [9.17, 15) is 4.79 Å². The van der Waals surface area contributed by atoms with Crippen LogP contribution >= 0.6 is 0 Å². The van der Waals surface area contributed by atoms with Crippen LogP contribution in [0.3, 0.4) is 0 Å². The average molecular weight is 367 g/mol. The van der Waals surface area contributed by atoms with Crippen LogP contribution in [0.15, 0.2) is 79.0 Å². The van der Waals surface area contributed by atoms with Gasteiger partial charge in [-0.1, -0.05) is 54.6 Å². The Balaban J connectivity index is 1.75. The molecule has 0 aliphatic rings. The number of nitrogens with one attached hydrogen (secondary N) is 1. The molecule has 1 amide bonds. The third-order valence-corrected chi connectivity index (χ3v) is 4.90. The molecule has 138 valence electrons. The van der Waals surface area contributed by atoms with E-state index in [0.29, 0.717) is 11.2 Å². The molecule has 4 aromatic rings. The summed E-state index contributed by atoms with van der Waals surface area (Å²) in [6.07, 6.45) is 1.70. The summed E-state index contributed by atoms with van der Waals surface area (Å²) in [4.78, 5) is 22.2. The first kappa shape index (κ1) is 17.9. The van der Waals surface area contributed by atoms with Crippen LogP contribution in [0.2, 0.25) is 0 Å². The van der Waals surface area contributed by atoms with Gasteiger partial charge in [-0.3, -0.25) is 4.79 Å². The first-order valence-electron chi connectivity index (χ1n) is 9.31. The summed E-state index contributed by atoms with van der Waals surface area (Å²) in [7, 11) is 0. The fourth-order valence-corrected chi connectivity index (χ4v) is 3.43. The van der Waals surface area contributed by atoms with Gasteiger partial charge < -0.3 is 5.32 Å². The SMILES string of the molecule is Cc1ccccc1C(C)NC(=O)c1cc(-c2ccccc2)nc2ncccc12. The van der Waals surface area contributed by atoms with E-state index in [0.717, 1.165) is 27.8 Å². The van der Waals surface area contributed by atoms with E-state index >= 15 is 0 Å². The predicted octanol–water partition coefficient (Wildman–Crippen LogP) is 5.10. The Morgan fingerprint density at radius 1 is 0.964 bits per heavy atom. The van der Waals surface area contributed by atoms with E-state index in [1.165, 1.54) is 0 Å². The topological polar surface area (TPSA) is 54.9 Å². The number of aryl methyl sites for hydroxylation is 1. The fourth-order valence-electron chi connectivity index (χ4n) is 3.43. The van der Waals surface area contributed by atoms with Gasteiger partial charge in [-0.05, 0) is 43.2 Å². The molecule has 4 heteroatoms. The van der Waals surface area contributed by atoms with Crippen LogP contribution in [0.5, 0.6) is 0 Å². The second-order valence-electron chi connectivity index (χ2n) is 6.85. The molecule has 0 aliphatic carbocycles. The number of benzene rings is 2. The monoisotopic (exact) mass is 367 g/mol. The first-order valence-corrected chi connectivity index (χ1v) is 9.31. The van der Waals surface area contributed by atoms with Gasteiger partial charge in [0.2, 0.25) is 0 Å². The van der Waals surface area contributed by atoms with Gasteiger partial charge >= 0.3 is 0 Å². The largest absolute Gasteiger partial charge is 0.345 e. The minimum atomic E-state index is -0.131. The van der Waals surface area contributed by atoms with Crippen molar-refractivity contribution in [3.05, 3.63) is 95.7 Å². The van der Waals surface area contributed by atoms with Gasteiger partial charge in [-0.2, -0.15) is 0 Å². The molecule has 4 rings (SSSR count). The molecular formula is C24H21N3O. The molecule has 1 atom stereocenters. The molecule has 0 saturated carbocycles. The van der Waals surface area contributed by atoms with Crippen LogP contribution < -0.4 is 5.32 Å². The number of hydrogen-bond acceptors (Lipinski definition) is 3. The molecule has 2 aromatic heterocycles. The lowest BCUT2D eigenvalue weighted by Crippen LogP contribution is -2.27. The van der Waals surface area contributed by atoms with E-state index in [1.54, 1.807) is 6.20 Å². The number of carbonyl (C=O) groups is 1. The number of nitrogens with zero attached hydrogens (tertiary/aromatic N) is 2. The molecule has 0 spiro atoms. The Bertz CT molecular complexity index is 1140. The van der Waals surface area contributed by atoms with Crippen LogP contribution in [0.25, 0.3) is 22.3 Å². The van der Waals surface area contributed by atoms with Crippen LogP contribution in [-0.4, -0.2) is 15.9 Å². The molecule has 1 N–H and O–H groups in total. The maximum atomic E-state index is 13.2. The smallest absolute Gasteiger partial charge is 0.252 e. The van der Waals surface area contributed by atoms with Crippen molar-refractivity contribution in [1.29, 1.82) is 0 Å². The Labute approximate surface area is 164 Å². The Morgan fingerprint density at radius 2 is 1.71 bits per heavy atom. The van der Waals surface area contributed by atoms with E-state index in [4.69, 9.17) is 0 Å². The molecule has 0 bridgehead atoms.